The number of benzene rings is 4. The van der Waals surface area contributed by atoms with Crippen LogP contribution in [0.3, 0.4) is 0 Å². The quantitative estimate of drug-likeness (QED) is 0.202. The summed E-state index contributed by atoms with van der Waals surface area (Å²) in [5.74, 6) is 1.11. The van der Waals surface area contributed by atoms with Crippen molar-refractivity contribution in [3.63, 3.8) is 0 Å². The standard InChI is InChI=1S/C35H32O6/c36-30-21-33(27-14-8-3-9-15-27)40-31-17-16-28(20-29(30)31)39-35-19-18-32(38-23-26-12-6-2-7-13-26)34(41-35)24-37-22-25-10-4-1-5-11-25/h1-20,32-35H,21-24H2/t32-,33?,34+,35-/m0/s1. The second kappa shape index (κ2) is 13.0. The van der Waals surface area contributed by atoms with Gasteiger partial charge in [0.05, 0.1) is 31.8 Å². The molecule has 0 saturated heterocycles. The van der Waals surface area contributed by atoms with Gasteiger partial charge in [-0.25, -0.2) is 0 Å². The molecule has 0 saturated carbocycles. The summed E-state index contributed by atoms with van der Waals surface area (Å²) in [5, 5.41) is 0. The van der Waals surface area contributed by atoms with E-state index in [0.29, 0.717) is 36.9 Å². The molecular weight excluding hydrogens is 516 g/mol. The summed E-state index contributed by atoms with van der Waals surface area (Å²) in [5.41, 5.74) is 3.67. The molecule has 41 heavy (non-hydrogen) atoms. The molecule has 0 fully saturated rings. The van der Waals surface area contributed by atoms with Gasteiger partial charge in [0.15, 0.2) is 5.78 Å². The Labute approximate surface area is 240 Å². The zero-order valence-electron chi connectivity index (χ0n) is 22.6. The van der Waals surface area contributed by atoms with Gasteiger partial charge in [0.2, 0.25) is 6.29 Å². The molecule has 4 aromatic rings. The Morgan fingerprint density at radius 1 is 0.756 bits per heavy atom. The molecule has 0 spiro atoms. The Morgan fingerprint density at radius 2 is 1.44 bits per heavy atom. The zero-order valence-corrected chi connectivity index (χ0v) is 22.6. The van der Waals surface area contributed by atoms with Crippen molar-refractivity contribution in [1.29, 1.82) is 0 Å². The average molecular weight is 549 g/mol. The minimum atomic E-state index is -0.661. The first-order chi connectivity index (χ1) is 20.2. The van der Waals surface area contributed by atoms with Crippen molar-refractivity contribution in [2.45, 2.75) is 44.2 Å². The van der Waals surface area contributed by atoms with Crippen LogP contribution < -0.4 is 9.47 Å². The van der Waals surface area contributed by atoms with Crippen LogP contribution in [0.25, 0.3) is 0 Å². The van der Waals surface area contributed by atoms with E-state index in [1.54, 1.807) is 18.2 Å². The molecule has 2 heterocycles. The Balaban J connectivity index is 1.12. The van der Waals surface area contributed by atoms with Gasteiger partial charge in [0.1, 0.15) is 29.8 Å². The van der Waals surface area contributed by atoms with Gasteiger partial charge in [-0.3, -0.25) is 4.79 Å². The van der Waals surface area contributed by atoms with Crippen LogP contribution in [0.2, 0.25) is 0 Å². The van der Waals surface area contributed by atoms with E-state index in [9.17, 15) is 4.79 Å². The van der Waals surface area contributed by atoms with Gasteiger partial charge in [0, 0.05) is 0 Å². The van der Waals surface area contributed by atoms with Crippen molar-refractivity contribution >= 4 is 5.78 Å². The van der Waals surface area contributed by atoms with E-state index in [1.165, 1.54) is 0 Å². The highest BCUT2D eigenvalue weighted by molar-refractivity contribution is 6.00. The van der Waals surface area contributed by atoms with Gasteiger partial charge >= 0.3 is 0 Å². The third-order valence-electron chi connectivity index (χ3n) is 7.13. The van der Waals surface area contributed by atoms with Crippen LogP contribution in [0.15, 0.2) is 121 Å². The monoisotopic (exact) mass is 548 g/mol. The van der Waals surface area contributed by atoms with Crippen LogP contribution in [0.4, 0.5) is 0 Å². The number of hydrogen-bond acceptors (Lipinski definition) is 6. The Morgan fingerprint density at radius 3 is 2.17 bits per heavy atom. The zero-order chi connectivity index (χ0) is 27.9. The molecule has 4 aromatic carbocycles. The van der Waals surface area contributed by atoms with Crippen LogP contribution >= 0.6 is 0 Å². The lowest BCUT2D eigenvalue weighted by molar-refractivity contribution is -0.165. The number of carbonyl (C=O) groups excluding carboxylic acids is 1. The van der Waals surface area contributed by atoms with Crippen LogP contribution in [0, 0.1) is 0 Å². The number of ketones is 1. The highest BCUT2D eigenvalue weighted by Crippen LogP contribution is 2.37. The molecule has 0 amide bonds. The van der Waals surface area contributed by atoms with Crippen molar-refractivity contribution in [3.05, 3.63) is 144 Å². The molecule has 0 bridgehead atoms. The molecule has 6 nitrogen and oxygen atoms in total. The summed E-state index contributed by atoms with van der Waals surface area (Å²) in [6.07, 6.45) is 2.44. The molecule has 0 radical (unpaired) electrons. The molecular formula is C35H32O6. The summed E-state index contributed by atoms with van der Waals surface area (Å²) >= 11 is 0. The van der Waals surface area contributed by atoms with Gasteiger partial charge < -0.3 is 23.7 Å². The second-order valence-corrected chi connectivity index (χ2v) is 10.1. The molecule has 6 rings (SSSR count). The fourth-order valence-corrected chi connectivity index (χ4v) is 4.98. The van der Waals surface area contributed by atoms with Gasteiger partial charge in [-0.2, -0.15) is 0 Å². The smallest absolute Gasteiger partial charge is 0.220 e. The lowest BCUT2D eigenvalue weighted by Gasteiger charge is -2.32. The third kappa shape index (κ3) is 6.92. The maximum Gasteiger partial charge on any atom is 0.220 e. The summed E-state index contributed by atoms with van der Waals surface area (Å²) in [6.45, 7) is 1.25. The van der Waals surface area contributed by atoms with Crippen molar-refractivity contribution in [2.75, 3.05) is 6.61 Å². The minimum absolute atomic E-state index is 0.0206. The molecule has 2 aliphatic heterocycles. The molecule has 4 atom stereocenters. The number of fused-ring (bicyclic) bond motifs is 1. The van der Waals surface area contributed by atoms with E-state index in [0.717, 1.165) is 16.7 Å². The van der Waals surface area contributed by atoms with E-state index >= 15 is 0 Å². The highest BCUT2D eigenvalue weighted by atomic mass is 16.7. The Bertz CT molecular complexity index is 1450. The number of carbonyl (C=O) groups is 1. The summed E-state index contributed by atoms with van der Waals surface area (Å²) in [6, 6.07) is 35.2. The molecule has 1 unspecified atom stereocenters. The van der Waals surface area contributed by atoms with E-state index in [1.807, 2.05) is 103 Å². The highest BCUT2D eigenvalue weighted by Gasteiger charge is 2.31. The second-order valence-electron chi connectivity index (χ2n) is 10.1. The number of ether oxygens (including phenoxy) is 5. The number of Topliss-reactive ketones (excluding diaryl/α,β-unsaturated/α-hetero) is 1. The number of rotatable bonds is 10. The molecule has 2 aliphatic rings. The fraction of sp³-hybridized carbons (Fsp3) is 0.229. The van der Waals surface area contributed by atoms with E-state index in [2.05, 4.69) is 0 Å². The van der Waals surface area contributed by atoms with Crippen molar-refractivity contribution in [2.24, 2.45) is 0 Å². The third-order valence-corrected chi connectivity index (χ3v) is 7.13. The average Bonchev–Trinajstić information content (AvgIpc) is 3.02. The summed E-state index contributed by atoms with van der Waals surface area (Å²) in [4.78, 5) is 13.0. The van der Waals surface area contributed by atoms with Crippen LogP contribution in [0.5, 0.6) is 11.5 Å². The van der Waals surface area contributed by atoms with Crippen LogP contribution in [0.1, 0.15) is 39.6 Å². The largest absolute Gasteiger partial charge is 0.484 e. The lowest BCUT2D eigenvalue weighted by Crippen LogP contribution is -2.42. The maximum atomic E-state index is 13.0. The molecule has 6 heteroatoms. The number of hydrogen-bond donors (Lipinski definition) is 0. The topological polar surface area (TPSA) is 63.2 Å². The summed E-state index contributed by atoms with van der Waals surface area (Å²) < 4.78 is 30.8. The lowest BCUT2D eigenvalue weighted by atomic mass is 9.96. The molecule has 0 N–H and O–H groups in total. The molecule has 0 aromatic heterocycles. The first kappa shape index (κ1) is 27.0. The first-order valence-corrected chi connectivity index (χ1v) is 13.9. The summed E-state index contributed by atoms with van der Waals surface area (Å²) in [7, 11) is 0. The first-order valence-electron chi connectivity index (χ1n) is 13.9. The van der Waals surface area contributed by atoms with E-state index in [4.69, 9.17) is 23.7 Å². The predicted octanol–water partition coefficient (Wildman–Crippen LogP) is 6.86. The Hall–Kier alpha value is -4.23. The minimum Gasteiger partial charge on any atom is -0.484 e. The molecule has 208 valence electrons. The van der Waals surface area contributed by atoms with Gasteiger partial charge in [-0.1, -0.05) is 97.1 Å². The van der Waals surface area contributed by atoms with E-state index < -0.39 is 6.29 Å². The maximum absolute atomic E-state index is 13.0. The van der Waals surface area contributed by atoms with Crippen molar-refractivity contribution in [1.82, 2.24) is 0 Å². The van der Waals surface area contributed by atoms with Crippen molar-refractivity contribution < 1.29 is 28.5 Å². The normalized spacial score (nSPS) is 21.6. The van der Waals surface area contributed by atoms with Crippen LogP contribution in [-0.2, 0) is 27.4 Å². The van der Waals surface area contributed by atoms with E-state index in [-0.39, 0.29) is 30.5 Å². The molecule has 0 aliphatic carbocycles. The van der Waals surface area contributed by atoms with Gasteiger partial charge in [-0.05, 0) is 41.0 Å². The fourth-order valence-electron chi connectivity index (χ4n) is 4.98. The van der Waals surface area contributed by atoms with Gasteiger partial charge in [-0.15, -0.1) is 0 Å². The van der Waals surface area contributed by atoms with Crippen LogP contribution in [-0.4, -0.2) is 30.9 Å². The SMILES string of the molecule is O=C1CC(c2ccccc2)Oc2ccc(O[C@@H]3C=C[C@H](OCc4ccccc4)[C@@H](COCc4ccccc4)O3)cc21. The van der Waals surface area contributed by atoms with Gasteiger partial charge in [0.25, 0.3) is 0 Å². The Kier molecular flexibility index (Phi) is 8.52. The van der Waals surface area contributed by atoms with Crippen molar-refractivity contribution in [3.8, 4) is 11.5 Å². The predicted molar refractivity (Wildman–Crippen MR) is 155 cm³/mol.